The lowest BCUT2D eigenvalue weighted by Crippen LogP contribution is -2.59. The number of ether oxygens (including phenoxy) is 4. The Morgan fingerprint density at radius 2 is 1.71 bits per heavy atom. The third-order valence-electron chi connectivity index (χ3n) is 12.8. The summed E-state index contributed by atoms with van der Waals surface area (Å²) in [4.78, 5) is 63.2. The van der Waals surface area contributed by atoms with Crippen molar-refractivity contribution in [3.8, 4) is 28.5 Å². The lowest BCUT2D eigenvalue weighted by atomic mass is 9.93. The third kappa shape index (κ3) is 10.6. The molecule has 2 aliphatic heterocycles. The van der Waals surface area contributed by atoms with Gasteiger partial charge in [-0.15, -0.1) is 0 Å². The molecule has 1 aromatic heterocycles. The summed E-state index contributed by atoms with van der Waals surface area (Å²) in [6.07, 6.45) is 4.81. The molecule has 65 heavy (non-hydrogen) atoms. The van der Waals surface area contributed by atoms with Crippen molar-refractivity contribution in [2.24, 2.45) is 11.8 Å². The molecule has 6 atom stereocenters. The molecule has 0 unspecified atom stereocenters. The number of fused-ring (bicyclic) bond motifs is 3. The maximum atomic E-state index is 15.0. The zero-order valence-corrected chi connectivity index (χ0v) is 38.6. The molecule has 4 amide bonds. The van der Waals surface area contributed by atoms with Gasteiger partial charge in [-0.1, -0.05) is 25.5 Å². The summed E-state index contributed by atoms with van der Waals surface area (Å²) in [5.41, 5.74) is -1.99. The molecule has 3 heterocycles. The van der Waals surface area contributed by atoms with E-state index in [2.05, 4.69) is 15.4 Å². The van der Waals surface area contributed by atoms with E-state index in [0.29, 0.717) is 79.3 Å². The van der Waals surface area contributed by atoms with Crippen molar-refractivity contribution in [2.75, 3.05) is 13.7 Å². The van der Waals surface area contributed by atoms with Crippen molar-refractivity contribution < 1.29 is 55.3 Å². The van der Waals surface area contributed by atoms with Crippen LogP contribution in [0.25, 0.3) is 22.2 Å². The Labute approximate surface area is 378 Å². The molecular formula is C47H59F2N5O10S. The van der Waals surface area contributed by atoms with Crippen molar-refractivity contribution in [3.05, 3.63) is 60.7 Å². The molecule has 1 saturated heterocycles. The minimum atomic E-state index is -3.98. The van der Waals surface area contributed by atoms with Gasteiger partial charge in [0, 0.05) is 42.3 Å². The lowest BCUT2D eigenvalue weighted by Gasteiger charge is -2.34. The van der Waals surface area contributed by atoms with E-state index < -0.39 is 86.2 Å². The first kappa shape index (κ1) is 47.4. The molecule has 2 saturated carbocycles. The highest BCUT2D eigenvalue weighted by atomic mass is 32.2. The van der Waals surface area contributed by atoms with Crippen LogP contribution in [-0.2, 0) is 29.1 Å². The van der Waals surface area contributed by atoms with Gasteiger partial charge in [0.1, 0.15) is 41.0 Å². The first-order chi connectivity index (χ1) is 30.6. The number of alkyl carbamates (subject to hydrolysis) is 1. The standard InChI is InChI=1S/C47H59F2N5O10S/c1-27(2)62-31-16-14-29(15-17-31)36-24-39(35-21-18-32(61-7)22-37(35)50-36)63-33-23-38-41(55)52-47(43(57)53-65(59,60)34-19-20-34)25-30(47)13-11-9-8-10-12-28(3)40(42(56)54(38)26-33)51-44(58)64-45(4,5)46(6,48)49/h11,13-18,21-22,24,27-28,30,33-34,38,40H,8-10,12,19-20,23,25-26H2,1-7H3,(H,51,58)(H,52,55)(H,53,57)/b13-11-/t28-,30-,33-,38+,40+,47-/m1/s1. The predicted molar refractivity (Wildman–Crippen MR) is 238 cm³/mol. The summed E-state index contributed by atoms with van der Waals surface area (Å²) >= 11 is 0. The van der Waals surface area contributed by atoms with Gasteiger partial charge in [0.2, 0.25) is 21.8 Å². The second kappa shape index (κ2) is 18.4. The molecule has 0 bridgehead atoms. The molecule has 2 aliphatic carbocycles. The number of carbonyl (C=O) groups is 4. The molecule has 352 valence electrons. The number of nitrogens with zero attached hydrogens (tertiary/aromatic N) is 2. The first-order valence-electron chi connectivity index (χ1n) is 22.3. The van der Waals surface area contributed by atoms with E-state index in [1.54, 1.807) is 38.3 Å². The molecule has 4 aliphatic rings. The average Bonchev–Trinajstić information content (AvgIpc) is 4.16. The van der Waals surface area contributed by atoms with Gasteiger partial charge in [-0.2, -0.15) is 0 Å². The number of allylic oxidation sites excluding steroid dienone is 1. The topological polar surface area (TPSA) is 192 Å². The summed E-state index contributed by atoms with van der Waals surface area (Å²) in [6.45, 7) is 8.22. The number of aromatic nitrogens is 1. The summed E-state index contributed by atoms with van der Waals surface area (Å²) in [6, 6.07) is 11.9. The molecular weight excluding hydrogens is 865 g/mol. The predicted octanol–water partition coefficient (Wildman–Crippen LogP) is 6.82. The Hall–Kier alpha value is -5.52. The monoisotopic (exact) mass is 923 g/mol. The highest BCUT2D eigenvalue weighted by Crippen LogP contribution is 2.46. The van der Waals surface area contributed by atoms with Gasteiger partial charge < -0.3 is 34.5 Å². The van der Waals surface area contributed by atoms with Gasteiger partial charge in [-0.05, 0) is 109 Å². The fraction of sp³-hybridized carbons (Fsp3) is 0.553. The number of amides is 4. The van der Waals surface area contributed by atoms with Crippen LogP contribution in [0.1, 0.15) is 92.9 Å². The summed E-state index contributed by atoms with van der Waals surface area (Å²) in [5.74, 6) is -5.15. The van der Waals surface area contributed by atoms with Crippen molar-refractivity contribution in [1.29, 1.82) is 0 Å². The number of halogens is 2. The van der Waals surface area contributed by atoms with Gasteiger partial charge in [-0.3, -0.25) is 19.1 Å². The van der Waals surface area contributed by atoms with Gasteiger partial charge in [-0.25, -0.2) is 27.0 Å². The molecule has 15 nitrogen and oxygen atoms in total. The van der Waals surface area contributed by atoms with Crippen molar-refractivity contribution >= 4 is 44.7 Å². The highest BCUT2D eigenvalue weighted by molar-refractivity contribution is 7.91. The number of sulfonamides is 1. The molecule has 2 aromatic carbocycles. The zero-order chi connectivity index (χ0) is 47.1. The summed E-state index contributed by atoms with van der Waals surface area (Å²) in [5, 5.41) is 5.33. The van der Waals surface area contributed by atoms with E-state index in [4.69, 9.17) is 23.9 Å². The second-order valence-electron chi connectivity index (χ2n) is 18.6. The molecule has 3 aromatic rings. The highest BCUT2D eigenvalue weighted by Gasteiger charge is 2.62. The molecule has 3 fully saturated rings. The molecule has 7 rings (SSSR count). The SMILES string of the molecule is COc1ccc2c(O[C@@H]3C[C@H]4C(=O)N[C@]5(C(=O)NS(=O)(=O)C6CC6)C[C@H]5/C=C\CCCC[C@@H](C)[C@H](NC(=O)OC(C)(C)C(C)(F)F)C(=O)N4C3)cc(-c3ccc(OC(C)C)cc3)nc2c1. The fourth-order valence-corrected chi connectivity index (χ4v) is 9.67. The Morgan fingerprint density at radius 3 is 2.37 bits per heavy atom. The maximum Gasteiger partial charge on any atom is 0.408 e. The summed E-state index contributed by atoms with van der Waals surface area (Å²) in [7, 11) is -2.44. The van der Waals surface area contributed by atoms with Crippen molar-refractivity contribution in [1.82, 2.24) is 25.2 Å². The smallest absolute Gasteiger partial charge is 0.408 e. The zero-order valence-electron chi connectivity index (χ0n) is 37.8. The van der Waals surface area contributed by atoms with Crippen LogP contribution in [0.15, 0.2) is 60.7 Å². The van der Waals surface area contributed by atoms with E-state index >= 15 is 0 Å². The van der Waals surface area contributed by atoms with Crippen LogP contribution < -0.4 is 29.6 Å². The number of benzene rings is 2. The fourth-order valence-electron chi connectivity index (χ4n) is 8.31. The molecule has 3 N–H and O–H groups in total. The Kier molecular flexibility index (Phi) is 13.4. The van der Waals surface area contributed by atoms with Crippen LogP contribution in [0, 0.1) is 11.8 Å². The maximum absolute atomic E-state index is 15.0. The van der Waals surface area contributed by atoms with E-state index in [0.717, 1.165) is 19.4 Å². The lowest BCUT2D eigenvalue weighted by molar-refractivity contribution is -0.152. The summed E-state index contributed by atoms with van der Waals surface area (Å²) < 4.78 is 80.5. The normalized spacial score (nSPS) is 25.9. The number of hydrogen-bond donors (Lipinski definition) is 3. The Balaban J connectivity index is 1.25. The van der Waals surface area contributed by atoms with Gasteiger partial charge >= 0.3 is 6.09 Å². The van der Waals surface area contributed by atoms with Crippen LogP contribution in [-0.4, -0.2) is 102 Å². The number of carbonyl (C=O) groups excluding carboxylic acids is 4. The Bertz CT molecular complexity index is 2440. The second-order valence-corrected chi connectivity index (χ2v) is 20.6. The number of nitrogens with one attached hydrogen (secondary N) is 3. The van der Waals surface area contributed by atoms with Crippen molar-refractivity contribution in [3.63, 3.8) is 0 Å². The van der Waals surface area contributed by atoms with E-state index in [1.165, 1.54) is 4.90 Å². The molecule has 0 spiro atoms. The number of methoxy groups -OCH3 is 1. The molecule has 0 radical (unpaired) electrons. The first-order valence-corrected chi connectivity index (χ1v) is 23.8. The van der Waals surface area contributed by atoms with Crippen LogP contribution >= 0.6 is 0 Å². The van der Waals surface area contributed by atoms with Gasteiger partial charge in [0.15, 0.2) is 5.60 Å². The quantitative estimate of drug-likeness (QED) is 0.162. The minimum absolute atomic E-state index is 0.0280. The van der Waals surface area contributed by atoms with E-state index in [9.17, 15) is 36.4 Å². The van der Waals surface area contributed by atoms with Gasteiger partial charge in [0.05, 0.1) is 36.2 Å². The number of pyridine rings is 1. The Morgan fingerprint density at radius 1 is 1.00 bits per heavy atom. The minimum Gasteiger partial charge on any atom is -0.497 e. The van der Waals surface area contributed by atoms with Crippen LogP contribution in [0.4, 0.5) is 13.6 Å². The largest absolute Gasteiger partial charge is 0.497 e. The molecule has 18 heteroatoms. The number of rotatable bonds is 12. The van der Waals surface area contributed by atoms with Crippen LogP contribution in [0.2, 0.25) is 0 Å². The third-order valence-corrected chi connectivity index (χ3v) is 14.6. The number of hydrogen-bond acceptors (Lipinski definition) is 11. The van der Waals surface area contributed by atoms with Crippen LogP contribution in [0.5, 0.6) is 17.2 Å². The average molecular weight is 924 g/mol. The van der Waals surface area contributed by atoms with E-state index in [1.807, 2.05) is 50.3 Å². The van der Waals surface area contributed by atoms with E-state index in [-0.39, 0.29) is 25.5 Å². The van der Waals surface area contributed by atoms with Crippen molar-refractivity contribution in [2.45, 2.75) is 140 Å². The number of alkyl halides is 2. The van der Waals surface area contributed by atoms with Gasteiger partial charge in [0.25, 0.3) is 11.8 Å². The van der Waals surface area contributed by atoms with Crippen LogP contribution in [0.3, 0.4) is 0 Å².